The zero-order chi connectivity index (χ0) is 14.8. The van der Waals surface area contributed by atoms with Crippen LogP contribution in [0.1, 0.15) is 56.7 Å². The van der Waals surface area contributed by atoms with Crippen LogP contribution >= 0.6 is 0 Å². The molecule has 1 N–H and O–H groups in total. The maximum absolute atomic E-state index is 12.2. The van der Waals surface area contributed by atoms with Crippen molar-refractivity contribution in [3.63, 3.8) is 0 Å². The average molecular weight is 292 g/mol. The summed E-state index contributed by atoms with van der Waals surface area (Å²) in [4.78, 5) is 4.00. The summed E-state index contributed by atoms with van der Waals surface area (Å²) in [7, 11) is 0. The second kappa shape index (κ2) is 6.11. The van der Waals surface area contributed by atoms with Gasteiger partial charge in [-0.05, 0) is 31.6 Å². The van der Waals surface area contributed by atoms with Crippen LogP contribution in [0.25, 0.3) is 0 Å². The third-order valence-corrected chi connectivity index (χ3v) is 4.02. The number of rotatable bonds is 4. The Morgan fingerprint density at radius 3 is 2.50 bits per heavy atom. The Labute approximate surface area is 115 Å². The first-order valence-corrected chi connectivity index (χ1v) is 6.97. The molecule has 4 nitrogen and oxygen atoms in total. The maximum atomic E-state index is 12.2. The van der Waals surface area contributed by atoms with E-state index in [9.17, 15) is 13.2 Å². The van der Waals surface area contributed by atoms with E-state index in [0.717, 1.165) is 38.0 Å². The molecule has 0 radical (unpaired) electrons. The lowest BCUT2D eigenvalue weighted by Crippen LogP contribution is -2.30. The highest BCUT2D eigenvalue weighted by atomic mass is 19.4. The zero-order valence-electron chi connectivity index (χ0n) is 11.4. The number of aliphatic hydroxyl groups is 1. The van der Waals surface area contributed by atoms with Gasteiger partial charge in [-0.3, -0.25) is 0 Å². The first-order chi connectivity index (χ1) is 9.40. The Morgan fingerprint density at radius 1 is 1.30 bits per heavy atom. The van der Waals surface area contributed by atoms with Crippen LogP contribution in [0.4, 0.5) is 13.2 Å². The summed E-state index contributed by atoms with van der Waals surface area (Å²) in [6.45, 7) is 2.16. The van der Waals surface area contributed by atoms with Crippen LogP contribution in [0, 0.1) is 5.92 Å². The van der Waals surface area contributed by atoms with Gasteiger partial charge in [0.05, 0.1) is 6.42 Å². The number of hydrogen-bond donors (Lipinski definition) is 1. The summed E-state index contributed by atoms with van der Waals surface area (Å²) in [6, 6.07) is 0. The van der Waals surface area contributed by atoms with E-state index in [1.165, 1.54) is 0 Å². The molecule has 0 spiro atoms. The summed E-state index contributed by atoms with van der Waals surface area (Å²) in [5.41, 5.74) is 0. The van der Waals surface area contributed by atoms with E-state index in [1.54, 1.807) is 0 Å². The van der Waals surface area contributed by atoms with Gasteiger partial charge in [0.25, 0.3) is 0 Å². The number of aliphatic hydroxyl groups excluding tert-OH is 1. The van der Waals surface area contributed by atoms with Gasteiger partial charge in [-0.25, -0.2) is 0 Å². The standard InChI is InChI=1S/C13H19F3N2O2/c1-2-8-3-5-9(6-4-8)12-17-11(20-18-12)7-10(19)13(14,15)16/h8-10,19H,2-7H2,1H3. The second-order valence-electron chi connectivity index (χ2n) is 5.43. The van der Waals surface area contributed by atoms with Crippen LogP contribution in [0.5, 0.6) is 0 Å². The molecule has 0 aromatic carbocycles. The highest BCUT2D eigenvalue weighted by molar-refractivity contribution is 4.98. The molecule has 2 rings (SSSR count). The summed E-state index contributed by atoms with van der Waals surface area (Å²) in [6.07, 6.45) is -2.56. The Bertz CT molecular complexity index is 425. The Hall–Kier alpha value is -1.11. The molecule has 1 aliphatic carbocycles. The van der Waals surface area contributed by atoms with Crippen LogP contribution in [-0.2, 0) is 6.42 Å². The Balaban J connectivity index is 1.93. The van der Waals surface area contributed by atoms with Gasteiger partial charge in [-0.1, -0.05) is 18.5 Å². The topological polar surface area (TPSA) is 59.2 Å². The van der Waals surface area contributed by atoms with Crippen LogP contribution in [0.15, 0.2) is 4.52 Å². The monoisotopic (exact) mass is 292 g/mol. The molecule has 20 heavy (non-hydrogen) atoms. The highest BCUT2D eigenvalue weighted by Crippen LogP contribution is 2.35. The van der Waals surface area contributed by atoms with Crippen molar-refractivity contribution in [2.24, 2.45) is 5.92 Å². The van der Waals surface area contributed by atoms with E-state index in [2.05, 4.69) is 17.1 Å². The largest absolute Gasteiger partial charge is 0.414 e. The Kier molecular flexibility index (Phi) is 4.67. The quantitative estimate of drug-likeness (QED) is 0.925. The van der Waals surface area contributed by atoms with Crippen LogP contribution < -0.4 is 0 Å². The molecule has 0 saturated heterocycles. The number of aromatic nitrogens is 2. The van der Waals surface area contributed by atoms with Gasteiger partial charge in [0.15, 0.2) is 11.9 Å². The predicted molar refractivity (Wildman–Crippen MR) is 65.1 cm³/mol. The van der Waals surface area contributed by atoms with E-state index in [0.29, 0.717) is 5.82 Å². The highest BCUT2D eigenvalue weighted by Gasteiger charge is 2.39. The summed E-state index contributed by atoms with van der Waals surface area (Å²) < 4.78 is 41.5. The smallest absolute Gasteiger partial charge is 0.383 e. The molecule has 0 bridgehead atoms. The van der Waals surface area contributed by atoms with E-state index in [-0.39, 0.29) is 11.8 Å². The van der Waals surface area contributed by atoms with Gasteiger partial charge < -0.3 is 9.63 Å². The lowest BCUT2D eigenvalue weighted by Gasteiger charge is -2.25. The third kappa shape index (κ3) is 3.71. The fourth-order valence-electron chi connectivity index (χ4n) is 2.63. The lowest BCUT2D eigenvalue weighted by molar-refractivity contribution is -0.204. The molecule has 0 aliphatic heterocycles. The maximum Gasteiger partial charge on any atom is 0.414 e. The summed E-state index contributed by atoms with van der Waals surface area (Å²) in [5, 5.41) is 12.7. The zero-order valence-corrected chi connectivity index (χ0v) is 11.4. The van der Waals surface area contributed by atoms with Gasteiger partial charge in [0.1, 0.15) is 0 Å². The number of nitrogens with zero attached hydrogens (tertiary/aromatic N) is 2. The lowest BCUT2D eigenvalue weighted by atomic mass is 9.80. The first kappa shape index (κ1) is 15.3. The van der Waals surface area contributed by atoms with Crippen molar-refractivity contribution in [2.75, 3.05) is 0 Å². The average Bonchev–Trinajstić information content (AvgIpc) is 2.86. The van der Waals surface area contributed by atoms with E-state index < -0.39 is 18.7 Å². The molecule has 1 unspecified atom stereocenters. The van der Waals surface area contributed by atoms with Gasteiger partial charge in [-0.2, -0.15) is 18.2 Å². The molecular formula is C13H19F3N2O2. The van der Waals surface area contributed by atoms with Crippen LogP contribution in [0.2, 0.25) is 0 Å². The second-order valence-corrected chi connectivity index (χ2v) is 5.43. The Morgan fingerprint density at radius 2 is 1.95 bits per heavy atom. The van der Waals surface area contributed by atoms with Gasteiger partial charge in [0.2, 0.25) is 5.89 Å². The molecular weight excluding hydrogens is 273 g/mol. The molecule has 1 atom stereocenters. The normalized spacial score (nSPS) is 25.6. The SMILES string of the molecule is CCC1CCC(c2noc(CC(O)C(F)(F)F)n2)CC1. The molecule has 1 heterocycles. The molecule has 1 aromatic heterocycles. The third-order valence-electron chi connectivity index (χ3n) is 4.02. The molecule has 1 saturated carbocycles. The van der Waals surface area contributed by atoms with Crippen molar-refractivity contribution in [3.8, 4) is 0 Å². The fraction of sp³-hybridized carbons (Fsp3) is 0.846. The predicted octanol–water partition coefficient (Wildman–Crippen LogP) is 3.22. The van der Waals surface area contributed by atoms with Crippen molar-refractivity contribution >= 4 is 0 Å². The van der Waals surface area contributed by atoms with Crippen molar-refractivity contribution in [3.05, 3.63) is 11.7 Å². The van der Waals surface area contributed by atoms with Gasteiger partial charge in [-0.15, -0.1) is 0 Å². The molecule has 7 heteroatoms. The van der Waals surface area contributed by atoms with Crippen molar-refractivity contribution < 1.29 is 22.8 Å². The van der Waals surface area contributed by atoms with Gasteiger partial charge >= 0.3 is 6.18 Å². The minimum absolute atomic E-state index is 0.151. The fourth-order valence-corrected chi connectivity index (χ4v) is 2.63. The van der Waals surface area contributed by atoms with Crippen molar-refractivity contribution in [1.82, 2.24) is 10.1 Å². The molecule has 1 aliphatic rings. The van der Waals surface area contributed by atoms with Crippen LogP contribution in [0.3, 0.4) is 0 Å². The van der Waals surface area contributed by atoms with Crippen molar-refractivity contribution in [1.29, 1.82) is 0 Å². The number of halogens is 3. The van der Waals surface area contributed by atoms with E-state index in [1.807, 2.05) is 0 Å². The van der Waals surface area contributed by atoms with E-state index >= 15 is 0 Å². The molecule has 1 aromatic rings. The molecule has 114 valence electrons. The van der Waals surface area contributed by atoms with Crippen molar-refractivity contribution in [2.45, 2.75) is 63.6 Å². The van der Waals surface area contributed by atoms with E-state index in [4.69, 9.17) is 9.63 Å². The number of hydrogen-bond acceptors (Lipinski definition) is 4. The number of alkyl halides is 3. The summed E-state index contributed by atoms with van der Waals surface area (Å²) >= 11 is 0. The summed E-state index contributed by atoms with van der Waals surface area (Å²) in [5.74, 6) is 1.22. The van der Waals surface area contributed by atoms with Crippen LogP contribution in [-0.4, -0.2) is 27.5 Å². The minimum Gasteiger partial charge on any atom is -0.383 e. The molecule has 1 fully saturated rings. The van der Waals surface area contributed by atoms with Gasteiger partial charge in [0, 0.05) is 5.92 Å². The first-order valence-electron chi connectivity index (χ1n) is 6.97. The molecule has 0 amide bonds. The minimum atomic E-state index is -4.66.